The number of benzene rings is 2. The summed E-state index contributed by atoms with van der Waals surface area (Å²) in [6.07, 6.45) is 0. The Kier molecular flexibility index (Phi) is 9.74. The van der Waals surface area contributed by atoms with E-state index >= 15 is 0 Å². The van der Waals surface area contributed by atoms with Gasteiger partial charge in [0.1, 0.15) is 0 Å². The molecular formula is C22H31N3O3. The number of anilines is 2. The standard InChI is InChI=1S/C16H16N2O3.C6H15N/c1-10-6-5-7-11(2)14(10)18-16(21)17-13-9-4-3-8-12(13)15(19)20;1-4-7(5-2)6-3/h3-9H,1-2H3,(H,19,20)(H2,17,18,21);4-6H2,1-3H3. The molecule has 3 N–H and O–H groups in total. The van der Waals surface area contributed by atoms with Crippen LogP contribution in [0, 0.1) is 13.8 Å². The van der Waals surface area contributed by atoms with Crippen LogP contribution in [0.1, 0.15) is 42.3 Å². The first-order chi connectivity index (χ1) is 13.3. The average molecular weight is 386 g/mol. The van der Waals surface area contributed by atoms with E-state index in [1.165, 1.54) is 25.7 Å². The van der Waals surface area contributed by atoms with Crippen LogP contribution in [0.3, 0.4) is 0 Å². The lowest BCUT2D eigenvalue weighted by Crippen LogP contribution is -2.22. The number of amides is 2. The molecule has 2 amide bonds. The van der Waals surface area contributed by atoms with Crippen LogP contribution in [-0.4, -0.2) is 41.6 Å². The average Bonchev–Trinajstić information content (AvgIpc) is 2.67. The third kappa shape index (κ3) is 7.04. The fraction of sp³-hybridized carbons (Fsp3) is 0.364. The van der Waals surface area contributed by atoms with Crippen molar-refractivity contribution in [2.75, 3.05) is 30.3 Å². The predicted octanol–water partition coefficient (Wildman–Crippen LogP) is 4.99. The van der Waals surface area contributed by atoms with Crippen LogP contribution in [0.5, 0.6) is 0 Å². The molecule has 0 unspecified atom stereocenters. The smallest absolute Gasteiger partial charge is 0.337 e. The summed E-state index contributed by atoms with van der Waals surface area (Å²) in [6, 6.07) is 11.5. The number of rotatable bonds is 6. The highest BCUT2D eigenvalue weighted by Gasteiger charge is 2.12. The number of aromatic carboxylic acids is 1. The molecule has 0 aromatic heterocycles. The third-order valence-electron chi connectivity index (χ3n) is 4.47. The van der Waals surface area contributed by atoms with E-state index in [-0.39, 0.29) is 11.3 Å². The minimum absolute atomic E-state index is 0.0501. The molecule has 0 aliphatic heterocycles. The summed E-state index contributed by atoms with van der Waals surface area (Å²) in [4.78, 5) is 25.5. The van der Waals surface area contributed by atoms with Crippen LogP contribution >= 0.6 is 0 Å². The molecule has 0 aliphatic carbocycles. The summed E-state index contributed by atoms with van der Waals surface area (Å²) in [5.74, 6) is -1.09. The Bertz CT molecular complexity index is 761. The monoisotopic (exact) mass is 385 g/mol. The maximum absolute atomic E-state index is 12.0. The van der Waals surface area contributed by atoms with Crippen LogP contribution < -0.4 is 10.6 Å². The van der Waals surface area contributed by atoms with E-state index in [1.54, 1.807) is 18.2 Å². The van der Waals surface area contributed by atoms with E-state index in [4.69, 9.17) is 5.11 Å². The van der Waals surface area contributed by atoms with Gasteiger partial charge in [-0.25, -0.2) is 9.59 Å². The molecule has 0 aliphatic rings. The van der Waals surface area contributed by atoms with E-state index in [0.29, 0.717) is 0 Å². The Morgan fingerprint density at radius 1 is 0.857 bits per heavy atom. The molecule has 2 aromatic carbocycles. The molecule has 0 fully saturated rings. The van der Waals surface area contributed by atoms with Gasteiger partial charge in [0.05, 0.1) is 11.3 Å². The number of hydrogen-bond acceptors (Lipinski definition) is 3. The summed E-state index contributed by atoms with van der Waals surface area (Å²) in [7, 11) is 0. The molecule has 6 nitrogen and oxygen atoms in total. The molecule has 152 valence electrons. The summed E-state index contributed by atoms with van der Waals surface area (Å²) in [5.41, 5.74) is 2.92. The highest BCUT2D eigenvalue weighted by atomic mass is 16.4. The largest absolute Gasteiger partial charge is 0.478 e. The number of nitrogens with one attached hydrogen (secondary N) is 2. The van der Waals surface area contributed by atoms with Gasteiger partial charge in [-0.15, -0.1) is 0 Å². The lowest BCUT2D eigenvalue weighted by Gasteiger charge is -2.13. The van der Waals surface area contributed by atoms with E-state index in [0.717, 1.165) is 16.8 Å². The van der Waals surface area contributed by atoms with E-state index < -0.39 is 12.0 Å². The van der Waals surface area contributed by atoms with Crippen molar-refractivity contribution in [2.45, 2.75) is 34.6 Å². The minimum atomic E-state index is -1.09. The third-order valence-corrected chi connectivity index (χ3v) is 4.47. The fourth-order valence-electron chi connectivity index (χ4n) is 2.73. The zero-order chi connectivity index (χ0) is 21.1. The van der Waals surface area contributed by atoms with Crippen molar-refractivity contribution >= 4 is 23.4 Å². The minimum Gasteiger partial charge on any atom is -0.478 e. The molecule has 0 saturated carbocycles. The highest BCUT2D eigenvalue weighted by molar-refractivity contribution is 6.05. The lowest BCUT2D eigenvalue weighted by molar-refractivity contribution is 0.0698. The molecule has 0 heterocycles. The number of urea groups is 1. The van der Waals surface area contributed by atoms with Gasteiger partial charge in [0.15, 0.2) is 0 Å². The van der Waals surface area contributed by atoms with Crippen LogP contribution in [-0.2, 0) is 0 Å². The maximum atomic E-state index is 12.0. The highest BCUT2D eigenvalue weighted by Crippen LogP contribution is 2.20. The summed E-state index contributed by atoms with van der Waals surface area (Å²) in [6.45, 7) is 13.9. The van der Waals surface area contributed by atoms with Gasteiger partial charge in [-0.1, -0.05) is 51.1 Å². The van der Waals surface area contributed by atoms with E-state index in [9.17, 15) is 9.59 Å². The number of carbonyl (C=O) groups excluding carboxylic acids is 1. The first kappa shape index (κ1) is 23.2. The quantitative estimate of drug-likeness (QED) is 0.654. The van der Waals surface area contributed by atoms with Crippen molar-refractivity contribution in [2.24, 2.45) is 0 Å². The van der Waals surface area contributed by atoms with Crippen molar-refractivity contribution in [1.82, 2.24) is 4.90 Å². The van der Waals surface area contributed by atoms with Gasteiger partial charge in [0.2, 0.25) is 0 Å². The maximum Gasteiger partial charge on any atom is 0.337 e. The van der Waals surface area contributed by atoms with Crippen molar-refractivity contribution < 1.29 is 14.7 Å². The van der Waals surface area contributed by atoms with Gasteiger partial charge in [0.25, 0.3) is 0 Å². The number of carboxylic acid groups (broad SMARTS) is 1. The first-order valence-corrected chi connectivity index (χ1v) is 9.52. The van der Waals surface area contributed by atoms with Crippen molar-refractivity contribution in [1.29, 1.82) is 0 Å². The van der Waals surface area contributed by atoms with Crippen LogP contribution in [0.25, 0.3) is 0 Å². The van der Waals surface area contributed by atoms with Gasteiger partial charge >= 0.3 is 12.0 Å². The van der Waals surface area contributed by atoms with Crippen LogP contribution in [0.2, 0.25) is 0 Å². The van der Waals surface area contributed by atoms with Gasteiger partial charge in [-0.3, -0.25) is 0 Å². The van der Waals surface area contributed by atoms with Gasteiger partial charge in [0, 0.05) is 5.69 Å². The number of aryl methyl sites for hydroxylation is 2. The van der Waals surface area contributed by atoms with Gasteiger partial charge < -0.3 is 20.6 Å². The summed E-state index contributed by atoms with van der Waals surface area (Å²) in [5, 5.41) is 14.4. The molecule has 0 atom stereocenters. The number of carbonyl (C=O) groups is 2. The van der Waals surface area contributed by atoms with Gasteiger partial charge in [-0.2, -0.15) is 0 Å². The number of carboxylic acids is 1. The lowest BCUT2D eigenvalue weighted by atomic mass is 10.1. The second-order valence-corrected chi connectivity index (χ2v) is 6.32. The molecule has 6 heteroatoms. The molecule has 28 heavy (non-hydrogen) atoms. The first-order valence-electron chi connectivity index (χ1n) is 9.52. The Labute approximate surface area is 167 Å². The Morgan fingerprint density at radius 3 is 1.86 bits per heavy atom. The zero-order valence-corrected chi connectivity index (χ0v) is 17.4. The Balaban J connectivity index is 0.000000480. The SMILES string of the molecule is CCN(CC)CC.Cc1cccc(C)c1NC(=O)Nc1ccccc1C(=O)O. The topological polar surface area (TPSA) is 81.7 Å². The number of para-hydroxylation sites is 2. The van der Waals surface area contributed by atoms with E-state index in [1.807, 2.05) is 32.0 Å². The molecule has 2 rings (SSSR count). The van der Waals surface area contributed by atoms with Crippen molar-refractivity contribution in [3.8, 4) is 0 Å². The second-order valence-electron chi connectivity index (χ2n) is 6.32. The second kappa shape index (κ2) is 11.8. The normalized spacial score (nSPS) is 10.1. The molecule has 2 aromatic rings. The molecule has 0 spiro atoms. The van der Waals surface area contributed by atoms with Crippen LogP contribution in [0.15, 0.2) is 42.5 Å². The van der Waals surface area contributed by atoms with Crippen molar-refractivity contribution in [3.63, 3.8) is 0 Å². The molecule has 0 saturated heterocycles. The number of nitrogens with zero attached hydrogens (tertiary/aromatic N) is 1. The Hall–Kier alpha value is -2.86. The van der Waals surface area contributed by atoms with Crippen LogP contribution in [0.4, 0.5) is 16.2 Å². The summed E-state index contributed by atoms with van der Waals surface area (Å²) < 4.78 is 0. The predicted molar refractivity (Wildman–Crippen MR) is 115 cm³/mol. The van der Waals surface area contributed by atoms with Crippen molar-refractivity contribution in [3.05, 3.63) is 59.2 Å². The molecule has 0 bridgehead atoms. The van der Waals surface area contributed by atoms with E-state index in [2.05, 4.69) is 36.3 Å². The summed E-state index contributed by atoms with van der Waals surface area (Å²) >= 11 is 0. The number of hydrogen-bond donors (Lipinski definition) is 3. The van der Waals surface area contributed by atoms with Gasteiger partial charge in [-0.05, 0) is 56.7 Å². The molecular weight excluding hydrogens is 354 g/mol. The fourth-order valence-corrected chi connectivity index (χ4v) is 2.73. The Morgan fingerprint density at radius 2 is 1.39 bits per heavy atom. The molecule has 0 radical (unpaired) electrons. The zero-order valence-electron chi connectivity index (χ0n) is 17.4.